The monoisotopic (exact) mass is 1270 g/mol. The fourth-order valence-electron chi connectivity index (χ4n) is 4.92. The van der Waals surface area contributed by atoms with Crippen LogP contribution in [0.15, 0.2) is 220 Å². The number of nitrogens with zero attached hydrogens (tertiary/aromatic N) is 14. The van der Waals surface area contributed by atoms with Gasteiger partial charge in [-0.2, -0.15) is 0 Å². The maximum atomic E-state index is 4.24. The lowest BCUT2D eigenvalue weighted by molar-refractivity contribution is 1.05. The van der Waals surface area contributed by atoms with E-state index in [1.165, 1.54) is 40.5 Å². The third-order valence-electron chi connectivity index (χ3n) is 8.69. The van der Waals surface area contributed by atoms with Crippen molar-refractivity contribution in [1.29, 1.82) is 0 Å². The number of aliphatic imine (C=N–C) groups is 1. The van der Waals surface area contributed by atoms with Gasteiger partial charge in [0.2, 0.25) is 0 Å². The Hall–Kier alpha value is -9.04. The van der Waals surface area contributed by atoms with Gasteiger partial charge in [-0.05, 0) is 146 Å². The number of hydrogen-bond donors (Lipinski definition) is 0. The molecule has 0 saturated carbocycles. The van der Waals surface area contributed by atoms with Crippen molar-refractivity contribution in [3.8, 4) is 0 Å². The van der Waals surface area contributed by atoms with E-state index in [2.05, 4.69) is 114 Å². The number of benzene rings is 2. The van der Waals surface area contributed by atoms with Gasteiger partial charge in [0.1, 0.15) is 18.5 Å². The fourth-order valence-corrected chi connectivity index (χ4v) is 4.92. The predicted octanol–water partition coefficient (Wildman–Crippen LogP) is 22.6. The van der Waals surface area contributed by atoms with E-state index in [9.17, 15) is 0 Å². The molecule has 514 valence electrons. The molecule has 0 bridgehead atoms. The van der Waals surface area contributed by atoms with Crippen molar-refractivity contribution in [2.75, 3.05) is 0 Å². The largest absolute Gasteiger partial charge is 0.265 e. The van der Waals surface area contributed by atoms with E-state index in [-0.39, 0.29) is 0 Å². The van der Waals surface area contributed by atoms with Crippen LogP contribution in [0.1, 0.15) is 200 Å². The van der Waals surface area contributed by atoms with Crippen molar-refractivity contribution >= 4 is 11.9 Å². The van der Waals surface area contributed by atoms with Crippen LogP contribution in [0, 0.1) is 69.2 Å². The normalized spacial score (nSPS) is 8.02. The smallest absolute Gasteiger partial charge is 0.125 e. The number of pyridine rings is 3. The Bertz CT molecular complexity index is 2290. The molecule has 1 aliphatic rings. The number of hydrogen-bond acceptors (Lipinski definition) is 14. The van der Waals surface area contributed by atoms with Crippen LogP contribution in [0.5, 0.6) is 0 Å². The van der Waals surface area contributed by atoms with Gasteiger partial charge >= 0.3 is 0 Å². The minimum Gasteiger partial charge on any atom is -0.265 e. The molecule has 9 heterocycles. The van der Waals surface area contributed by atoms with E-state index >= 15 is 0 Å². The first-order valence-electron chi connectivity index (χ1n) is 33.3. The molecule has 0 unspecified atom stereocenters. The van der Waals surface area contributed by atoms with Crippen molar-refractivity contribution in [2.24, 2.45) is 4.99 Å². The molecule has 93 heavy (non-hydrogen) atoms. The highest BCUT2D eigenvalue weighted by Crippen LogP contribution is 2.24. The summed E-state index contributed by atoms with van der Waals surface area (Å²) in [6.45, 7) is 59.8. The minimum absolute atomic E-state index is 0.822. The van der Waals surface area contributed by atoms with Gasteiger partial charge in [0, 0.05) is 123 Å². The number of fused-ring (bicyclic) bond motifs is 1. The molecular formula is C79H128N14. The summed E-state index contributed by atoms with van der Waals surface area (Å²) in [5.74, 6) is 0.822. The van der Waals surface area contributed by atoms with Crippen LogP contribution in [0.3, 0.4) is 0 Å². The molecule has 14 nitrogen and oxygen atoms in total. The summed E-state index contributed by atoms with van der Waals surface area (Å²) in [6, 6.07) is 34.1. The molecule has 2 aromatic carbocycles. The van der Waals surface area contributed by atoms with E-state index in [1.807, 2.05) is 273 Å². The SMILES string of the molecule is CC.CC.CC.CC.CC.CC.CC.CC.CC.CC.Cc1ccc2c(c1)N=CC2.Cc1ccccc1.Cc1ccccn1.Cc1cccnc1.Cc1ccncc1.Cc1ccncn1.Cc1cnccn1.Cc1cnccn1.Cc1cncnc1.Cc1ncccn1. The number of rotatable bonds is 0. The van der Waals surface area contributed by atoms with Crippen LogP contribution in [-0.4, -0.2) is 71.0 Å². The van der Waals surface area contributed by atoms with Crippen LogP contribution >= 0.6 is 0 Å². The van der Waals surface area contributed by atoms with Gasteiger partial charge in [-0.25, -0.2) is 29.9 Å². The van der Waals surface area contributed by atoms with Crippen molar-refractivity contribution < 1.29 is 0 Å². The molecule has 8 aromatic heterocycles. The average molecular weight is 1270 g/mol. The van der Waals surface area contributed by atoms with Gasteiger partial charge in [-0.1, -0.05) is 199 Å². The molecule has 0 N–H and O–H groups in total. The first kappa shape index (κ1) is 103. The summed E-state index contributed by atoms with van der Waals surface area (Å²) in [5.41, 5.74) is 12.7. The summed E-state index contributed by atoms with van der Waals surface area (Å²) in [5, 5.41) is 0. The first-order valence-corrected chi connectivity index (χ1v) is 33.3. The molecule has 0 atom stereocenters. The van der Waals surface area contributed by atoms with Crippen LogP contribution in [-0.2, 0) is 6.42 Å². The maximum absolute atomic E-state index is 4.24. The van der Waals surface area contributed by atoms with Gasteiger partial charge in [-0.15, -0.1) is 0 Å². The summed E-state index contributed by atoms with van der Waals surface area (Å²) in [4.78, 5) is 54.3. The van der Waals surface area contributed by atoms with E-state index in [4.69, 9.17) is 0 Å². The van der Waals surface area contributed by atoms with Crippen molar-refractivity contribution in [3.05, 3.63) is 277 Å². The highest BCUT2D eigenvalue weighted by Gasteiger charge is 2.04. The summed E-state index contributed by atoms with van der Waals surface area (Å²) in [6.07, 6.45) is 33.8. The molecule has 0 fully saturated rings. The van der Waals surface area contributed by atoms with Gasteiger partial charge < -0.3 is 0 Å². The Morgan fingerprint density at radius 3 is 0.946 bits per heavy atom. The van der Waals surface area contributed by atoms with Crippen molar-refractivity contribution in [3.63, 3.8) is 0 Å². The zero-order valence-electron chi connectivity index (χ0n) is 63.8. The lowest BCUT2D eigenvalue weighted by Crippen LogP contribution is -1.80. The van der Waals surface area contributed by atoms with Crippen molar-refractivity contribution in [2.45, 2.75) is 214 Å². The Labute approximate surface area is 569 Å². The molecule has 0 aliphatic carbocycles. The van der Waals surface area contributed by atoms with Crippen LogP contribution in [0.4, 0.5) is 5.69 Å². The molecule has 0 spiro atoms. The van der Waals surface area contributed by atoms with Crippen LogP contribution in [0.25, 0.3) is 0 Å². The zero-order chi connectivity index (χ0) is 73.0. The molecule has 0 amide bonds. The minimum atomic E-state index is 0.822. The number of aromatic nitrogens is 13. The molecule has 10 aromatic rings. The Kier molecular flexibility index (Phi) is 101. The van der Waals surface area contributed by atoms with Gasteiger partial charge in [-0.3, -0.25) is 39.9 Å². The quantitative estimate of drug-likeness (QED) is 0.140. The molecule has 14 heteroatoms. The fraction of sp³-hybridized carbons (Fsp3) is 0.392. The Balaban J connectivity index is -0.000000117. The third-order valence-corrected chi connectivity index (χ3v) is 8.69. The predicted molar refractivity (Wildman–Crippen MR) is 408 cm³/mol. The maximum Gasteiger partial charge on any atom is 0.125 e. The van der Waals surface area contributed by atoms with Crippen molar-refractivity contribution in [1.82, 2.24) is 64.8 Å². The lowest BCUT2D eigenvalue weighted by atomic mass is 10.1. The summed E-state index contributed by atoms with van der Waals surface area (Å²) in [7, 11) is 0. The molecular weight excluding hydrogens is 1140 g/mol. The standard InChI is InChI=1S/C9H9N.C7H8.3C6H7N.5C5H6N2.10C2H6/c1-7-2-3-8-4-5-10-9(8)6-7;1-7-5-3-2-4-6-7;1-6-2-4-7-5-3-6;1-6-3-2-4-7-5-6;1-6-4-2-3-5-7-6;1-5-2-6-4-7-3-5;2*1-5-4-6-2-3-7-5;1-5-2-3-6-4-7-5;1-5-6-3-2-4-7-5;10*1-2/h2-3,5-6H,4H2,1H3;2-6H,1H3;3*2-5H,1H3;5*2-4H,1H3;10*1-2H3. The Morgan fingerprint density at radius 1 is 0.247 bits per heavy atom. The van der Waals surface area contributed by atoms with Crippen LogP contribution < -0.4 is 0 Å². The van der Waals surface area contributed by atoms with E-state index in [0.29, 0.717) is 0 Å². The van der Waals surface area contributed by atoms with E-state index in [0.717, 1.165) is 46.3 Å². The summed E-state index contributed by atoms with van der Waals surface area (Å²) >= 11 is 0. The van der Waals surface area contributed by atoms with Crippen LogP contribution in [0.2, 0.25) is 0 Å². The molecule has 0 saturated heterocycles. The third kappa shape index (κ3) is 80.9. The zero-order valence-corrected chi connectivity index (χ0v) is 63.8. The average Bonchev–Trinajstić information content (AvgIpc) is 2.01. The second kappa shape index (κ2) is 91.7. The van der Waals surface area contributed by atoms with E-state index < -0.39 is 0 Å². The highest BCUT2D eigenvalue weighted by atomic mass is 14.8. The molecule has 11 rings (SSSR count). The van der Waals surface area contributed by atoms with E-state index in [1.54, 1.807) is 99.0 Å². The topological polar surface area (TPSA) is 180 Å². The first-order chi connectivity index (χ1) is 45.4. The molecule has 0 radical (unpaired) electrons. The Morgan fingerprint density at radius 2 is 0.677 bits per heavy atom. The summed E-state index contributed by atoms with van der Waals surface area (Å²) < 4.78 is 0. The second-order valence-electron chi connectivity index (χ2n) is 15.6. The molecule has 1 aliphatic heterocycles. The number of aryl methyl sites for hydroxylation is 10. The van der Waals surface area contributed by atoms with Gasteiger partial charge in [0.25, 0.3) is 0 Å². The second-order valence-corrected chi connectivity index (χ2v) is 15.6. The van der Waals surface area contributed by atoms with Gasteiger partial charge in [0.05, 0.1) is 17.1 Å². The lowest BCUT2D eigenvalue weighted by Gasteiger charge is -1.96. The highest BCUT2D eigenvalue weighted by molar-refractivity contribution is 5.75. The van der Waals surface area contributed by atoms with Gasteiger partial charge in [0.15, 0.2) is 0 Å².